The number of allylic oxidation sites excluding steroid dienone is 1. The lowest BCUT2D eigenvalue weighted by atomic mass is 9.82. The van der Waals surface area contributed by atoms with Crippen LogP contribution in [0, 0.1) is 0 Å². The Hall–Kier alpha value is -4.11. The van der Waals surface area contributed by atoms with E-state index in [0.29, 0.717) is 6.42 Å². The molecule has 1 aliphatic rings. The van der Waals surface area contributed by atoms with Crippen LogP contribution in [0.3, 0.4) is 0 Å². The van der Waals surface area contributed by atoms with Crippen molar-refractivity contribution < 1.29 is 53.6 Å². The van der Waals surface area contributed by atoms with Crippen molar-refractivity contribution in [2.45, 2.75) is 63.6 Å². The van der Waals surface area contributed by atoms with E-state index in [-0.39, 0.29) is 46.8 Å². The van der Waals surface area contributed by atoms with Crippen LogP contribution in [0.1, 0.15) is 66.2 Å². The second-order valence-electron chi connectivity index (χ2n) is 9.67. The first-order chi connectivity index (χ1) is 20.4. The minimum Gasteiger partial charge on any atom is -0.496 e. The van der Waals surface area contributed by atoms with E-state index in [1.807, 2.05) is 6.92 Å². The van der Waals surface area contributed by atoms with Crippen molar-refractivity contribution in [2.75, 3.05) is 26.5 Å². The monoisotopic (exact) mass is 623 g/mol. The second-order valence-corrected chi connectivity index (χ2v) is 10.0. The molecule has 15 heteroatoms. The quantitative estimate of drug-likeness (QED) is 0.0889. The summed E-state index contributed by atoms with van der Waals surface area (Å²) in [7, 11) is 2.61. The Morgan fingerprint density at radius 3 is 2.05 bits per heavy atom. The van der Waals surface area contributed by atoms with Crippen LogP contribution in [0.15, 0.2) is 23.4 Å². The molecule has 0 saturated carbocycles. The summed E-state index contributed by atoms with van der Waals surface area (Å²) < 4.78 is 10.6. The van der Waals surface area contributed by atoms with Crippen molar-refractivity contribution in [3.8, 4) is 11.5 Å². The zero-order valence-electron chi connectivity index (χ0n) is 24.1. The van der Waals surface area contributed by atoms with Gasteiger partial charge in [-0.1, -0.05) is 26.2 Å². The van der Waals surface area contributed by atoms with Gasteiger partial charge in [-0.05, 0) is 25.0 Å². The number of thiol groups is 1. The van der Waals surface area contributed by atoms with Crippen molar-refractivity contribution in [3.05, 3.63) is 34.5 Å². The van der Waals surface area contributed by atoms with Crippen molar-refractivity contribution in [2.24, 2.45) is 0 Å². The van der Waals surface area contributed by atoms with E-state index in [9.17, 15) is 39.0 Å². The summed E-state index contributed by atoms with van der Waals surface area (Å²) in [5.41, 5.74) is -1.03. The number of aliphatic carboxylic acids is 2. The number of hydrogen-bond acceptors (Lipinski definition) is 11. The lowest BCUT2D eigenvalue weighted by Crippen LogP contribution is -2.49. The number of ketones is 2. The van der Waals surface area contributed by atoms with Gasteiger partial charge in [0.25, 0.3) is 0 Å². The highest BCUT2D eigenvalue weighted by atomic mass is 32.1. The molecule has 1 aromatic carbocycles. The van der Waals surface area contributed by atoms with Gasteiger partial charge >= 0.3 is 11.9 Å². The molecule has 236 valence electrons. The number of carbonyl (C=O) groups is 6. The van der Waals surface area contributed by atoms with Crippen LogP contribution in [0.25, 0.3) is 0 Å². The summed E-state index contributed by atoms with van der Waals surface area (Å²) >= 11 is 3.99. The molecule has 0 spiro atoms. The fourth-order valence-electron chi connectivity index (χ4n) is 4.50. The predicted molar refractivity (Wildman–Crippen MR) is 156 cm³/mol. The lowest BCUT2D eigenvalue weighted by molar-refractivity contribution is -0.139. The molecular formula is C28H37N3O11S. The summed E-state index contributed by atoms with van der Waals surface area (Å²) in [6.45, 7) is 1.29. The summed E-state index contributed by atoms with van der Waals surface area (Å²) in [6.07, 6.45) is 0.0132. The van der Waals surface area contributed by atoms with Gasteiger partial charge in [-0.25, -0.2) is 4.79 Å². The summed E-state index contributed by atoms with van der Waals surface area (Å²) in [4.78, 5) is 75.2. The van der Waals surface area contributed by atoms with Gasteiger partial charge in [-0.3, -0.25) is 24.0 Å². The first-order valence-corrected chi connectivity index (χ1v) is 14.2. The first kappa shape index (κ1) is 35.1. The number of hydrogen-bond donors (Lipinski definition) is 7. The Morgan fingerprint density at radius 2 is 1.53 bits per heavy atom. The second kappa shape index (κ2) is 16.5. The zero-order chi connectivity index (χ0) is 32.3. The molecule has 0 aromatic heterocycles. The fourth-order valence-corrected chi connectivity index (χ4v) is 4.75. The maximum atomic E-state index is 13.8. The molecule has 3 atom stereocenters. The number of fused-ring (bicyclic) bond motifs is 1. The van der Waals surface area contributed by atoms with Crippen molar-refractivity contribution in [3.63, 3.8) is 0 Å². The van der Waals surface area contributed by atoms with Crippen LogP contribution in [0.2, 0.25) is 0 Å². The molecule has 0 fully saturated rings. The van der Waals surface area contributed by atoms with E-state index in [2.05, 4.69) is 28.6 Å². The molecule has 0 radical (unpaired) electrons. The number of carboxylic acids is 2. The average Bonchev–Trinajstić information content (AvgIpc) is 2.97. The molecule has 43 heavy (non-hydrogen) atoms. The Bertz CT molecular complexity index is 1280. The molecule has 1 aliphatic carbocycles. The van der Waals surface area contributed by atoms with Crippen molar-refractivity contribution >= 4 is 47.9 Å². The van der Waals surface area contributed by atoms with Gasteiger partial charge in [-0.15, -0.1) is 0 Å². The number of amides is 2. The molecule has 0 heterocycles. The summed E-state index contributed by atoms with van der Waals surface area (Å²) in [5, 5.41) is 36.8. The van der Waals surface area contributed by atoms with Crippen LogP contribution >= 0.6 is 12.6 Å². The highest BCUT2D eigenvalue weighted by Gasteiger charge is 2.41. The standard InChI is InChI=1S/C28H37N3O11S/c1-4-5-6-7-16(32)21-24(26(37)23-18(42-3)10-9-17(41-2)22(23)25(21)36)31-14(28(39)40)8-11-19(33)30-15(13-43)27(38)29-12-20(34)35/h9-10,14-16,31-32,43H,4-8,11-13H2,1-3H3,(H,29,38)(H,30,33)(H,34,35)(H,39,40)/t14-,15-,16?/m0/s1. The molecule has 2 amide bonds. The van der Waals surface area contributed by atoms with Gasteiger partial charge in [0.15, 0.2) is 5.78 Å². The Morgan fingerprint density at radius 1 is 0.930 bits per heavy atom. The predicted octanol–water partition coefficient (Wildman–Crippen LogP) is 0.717. The Labute approximate surface area is 253 Å². The number of nitrogens with one attached hydrogen (secondary N) is 3. The number of aliphatic hydroxyl groups excluding tert-OH is 1. The topological polar surface area (TPSA) is 218 Å². The summed E-state index contributed by atoms with van der Waals surface area (Å²) in [6, 6.07) is 0.118. The Balaban J connectivity index is 2.39. The smallest absolute Gasteiger partial charge is 0.326 e. The SMILES string of the molecule is CCCCCC(O)C1=C(N[C@@H](CCC(=O)N[C@@H](CS)C(=O)NCC(=O)O)C(=O)O)C(=O)c2c(OC)ccc(OC)c2C1=O. The average molecular weight is 624 g/mol. The minimum atomic E-state index is -1.57. The van der Waals surface area contributed by atoms with Crippen LogP contribution < -0.4 is 25.4 Å². The molecule has 0 bridgehead atoms. The number of ether oxygens (including phenoxy) is 2. The van der Waals surface area contributed by atoms with E-state index in [0.717, 1.165) is 12.8 Å². The number of benzene rings is 1. The van der Waals surface area contributed by atoms with Gasteiger partial charge in [0.1, 0.15) is 30.1 Å². The van der Waals surface area contributed by atoms with Gasteiger partial charge in [0.2, 0.25) is 17.6 Å². The number of rotatable bonds is 18. The van der Waals surface area contributed by atoms with Crippen molar-refractivity contribution in [1.82, 2.24) is 16.0 Å². The highest BCUT2D eigenvalue weighted by Crippen LogP contribution is 2.39. The third kappa shape index (κ3) is 8.94. The lowest BCUT2D eigenvalue weighted by Gasteiger charge is -2.28. The normalized spacial score (nSPS) is 14.7. The third-order valence-electron chi connectivity index (χ3n) is 6.70. The van der Waals surface area contributed by atoms with E-state index in [1.54, 1.807) is 0 Å². The highest BCUT2D eigenvalue weighted by molar-refractivity contribution is 7.80. The molecule has 0 saturated heterocycles. The van der Waals surface area contributed by atoms with Crippen LogP contribution in [-0.4, -0.2) is 95.3 Å². The number of carboxylic acid groups (broad SMARTS) is 2. The number of unbranched alkanes of at least 4 members (excludes halogenated alkanes) is 2. The Kier molecular flexibility index (Phi) is 13.5. The first-order valence-electron chi connectivity index (χ1n) is 13.6. The van der Waals surface area contributed by atoms with Gasteiger partial charge in [-0.2, -0.15) is 12.6 Å². The number of methoxy groups -OCH3 is 2. The van der Waals surface area contributed by atoms with Crippen LogP contribution in [0.4, 0.5) is 0 Å². The van der Waals surface area contributed by atoms with E-state index in [4.69, 9.17) is 14.6 Å². The molecule has 2 rings (SSSR count). The van der Waals surface area contributed by atoms with E-state index >= 15 is 0 Å². The van der Waals surface area contributed by atoms with Gasteiger partial charge in [0.05, 0.1) is 42.7 Å². The number of Topliss-reactive ketones (excluding diaryl/α,β-unsaturated/α-hetero) is 2. The molecule has 1 unspecified atom stereocenters. The minimum absolute atomic E-state index is 0.0400. The maximum absolute atomic E-state index is 13.8. The summed E-state index contributed by atoms with van der Waals surface area (Å²) in [5.74, 6) is -5.85. The van der Waals surface area contributed by atoms with Crippen LogP contribution in [-0.2, 0) is 19.2 Å². The van der Waals surface area contributed by atoms with E-state index < -0.39 is 72.2 Å². The van der Waals surface area contributed by atoms with Gasteiger partial charge in [0, 0.05) is 12.2 Å². The number of aliphatic hydroxyl groups is 1. The van der Waals surface area contributed by atoms with Crippen LogP contribution in [0.5, 0.6) is 11.5 Å². The largest absolute Gasteiger partial charge is 0.496 e. The van der Waals surface area contributed by atoms with E-state index in [1.165, 1.54) is 26.4 Å². The molecule has 0 aliphatic heterocycles. The zero-order valence-corrected chi connectivity index (χ0v) is 25.0. The molecule has 1 aromatic rings. The molecule has 6 N–H and O–H groups in total. The molecule has 14 nitrogen and oxygen atoms in total. The third-order valence-corrected chi connectivity index (χ3v) is 7.07. The number of carbonyl (C=O) groups excluding carboxylic acids is 4. The van der Waals surface area contributed by atoms with Gasteiger partial charge < -0.3 is 40.7 Å². The fraction of sp³-hybridized carbons (Fsp3) is 0.500. The molecular weight excluding hydrogens is 586 g/mol. The van der Waals surface area contributed by atoms with Crippen molar-refractivity contribution in [1.29, 1.82) is 0 Å². The maximum Gasteiger partial charge on any atom is 0.326 e.